The molecule has 2 nitrogen and oxygen atoms in total. The van der Waals surface area contributed by atoms with Gasteiger partial charge >= 0.3 is 0 Å². The highest BCUT2D eigenvalue weighted by atomic mass is 35.5. The summed E-state index contributed by atoms with van der Waals surface area (Å²) in [7, 11) is 2.00. The van der Waals surface area contributed by atoms with E-state index in [1.165, 1.54) is 27.9 Å². The molecule has 3 heteroatoms. The highest BCUT2D eigenvalue weighted by Gasteiger charge is 2.51. The number of aromatic nitrogens is 1. The number of hydrogen-bond acceptors (Lipinski definition) is 1. The number of alkyl halides is 1. The first-order valence-corrected chi connectivity index (χ1v) is 9.06. The van der Waals surface area contributed by atoms with E-state index >= 15 is 0 Å². The quantitative estimate of drug-likeness (QED) is 0.626. The van der Waals surface area contributed by atoms with E-state index in [1.807, 2.05) is 13.1 Å². The summed E-state index contributed by atoms with van der Waals surface area (Å²) in [5.41, 5.74) is 5.96. The minimum absolute atomic E-state index is 0.0125. The smallest absolute Gasteiger partial charge is 0.0485 e. The first-order valence-electron chi connectivity index (χ1n) is 8.62. The van der Waals surface area contributed by atoms with Gasteiger partial charge in [0.15, 0.2) is 0 Å². The molecular formula is C21H24ClN2-. The van der Waals surface area contributed by atoms with Crippen LogP contribution < -0.4 is 10.3 Å². The third-order valence-electron chi connectivity index (χ3n) is 6.32. The van der Waals surface area contributed by atoms with Crippen LogP contribution >= 0.6 is 11.6 Å². The van der Waals surface area contributed by atoms with Gasteiger partial charge in [-0.2, -0.15) is 0 Å². The highest BCUT2D eigenvalue weighted by molar-refractivity contribution is 6.22. The van der Waals surface area contributed by atoms with Gasteiger partial charge in [0, 0.05) is 23.5 Å². The molecule has 24 heavy (non-hydrogen) atoms. The van der Waals surface area contributed by atoms with Gasteiger partial charge in [-0.1, -0.05) is 44.2 Å². The predicted octanol–water partition coefficient (Wildman–Crippen LogP) is 4.84. The van der Waals surface area contributed by atoms with E-state index in [0.717, 1.165) is 11.9 Å². The fourth-order valence-corrected chi connectivity index (χ4v) is 5.15. The Bertz CT molecular complexity index is 873. The molecule has 2 aliphatic rings. The van der Waals surface area contributed by atoms with Crippen molar-refractivity contribution in [2.75, 3.05) is 7.05 Å². The van der Waals surface area contributed by atoms with E-state index in [-0.39, 0.29) is 16.2 Å². The maximum absolute atomic E-state index is 6.85. The number of hydrogen-bond donors (Lipinski definition) is 1. The molecule has 0 amide bonds. The van der Waals surface area contributed by atoms with Crippen LogP contribution in [0.25, 0.3) is 16.5 Å². The molecule has 0 spiro atoms. The third kappa shape index (κ3) is 1.73. The van der Waals surface area contributed by atoms with Crippen LogP contribution in [0.15, 0.2) is 42.6 Å². The normalized spacial score (nSPS) is 31.0. The van der Waals surface area contributed by atoms with Crippen LogP contribution in [0.2, 0.25) is 0 Å². The standard InChI is InChI=1S/C21H24ClN2/c1-6-21(4)15(22)11-13-17(19(21)23-5)16-12-9-7-8-10-14(12)24-18(16)20(13,2)3/h6-10,13,15,23H,1,11H2,2-5H3/q-1/t13-,15+,21+/m0/s1. The van der Waals surface area contributed by atoms with Crippen LogP contribution in [0, 0.1) is 11.3 Å². The molecule has 1 aromatic heterocycles. The maximum atomic E-state index is 6.85. The van der Waals surface area contributed by atoms with E-state index in [0.29, 0.717) is 5.92 Å². The number of nitrogens with one attached hydrogen (secondary N) is 1. The minimum Gasteiger partial charge on any atom is -0.660 e. The Morgan fingerprint density at radius 3 is 2.67 bits per heavy atom. The lowest BCUT2D eigenvalue weighted by molar-refractivity contribution is 0.308. The predicted molar refractivity (Wildman–Crippen MR) is 102 cm³/mol. The number of nitrogens with zero attached hydrogens (tertiary/aromatic N) is 1. The van der Waals surface area contributed by atoms with E-state index in [2.05, 4.69) is 56.9 Å². The Morgan fingerprint density at radius 2 is 2.00 bits per heavy atom. The average molecular weight is 340 g/mol. The molecule has 3 atom stereocenters. The van der Waals surface area contributed by atoms with Gasteiger partial charge in [-0.3, -0.25) is 0 Å². The number of para-hydroxylation sites is 1. The second kappa shape index (κ2) is 4.92. The summed E-state index contributed by atoms with van der Waals surface area (Å²) in [6, 6.07) is 8.46. The van der Waals surface area contributed by atoms with Crippen molar-refractivity contribution in [2.45, 2.75) is 38.0 Å². The molecule has 2 aliphatic carbocycles. The van der Waals surface area contributed by atoms with E-state index in [9.17, 15) is 0 Å². The molecule has 1 aromatic carbocycles. The third-order valence-corrected chi connectivity index (χ3v) is 6.95. The molecular weight excluding hydrogens is 316 g/mol. The summed E-state index contributed by atoms with van der Waals surface area (Å²) in [6.07, 6.45) is 2.95. The van der Waals surface area contributed by atoms with E-state index < -0.39 is 0 Å². The Hall–Kier alpha value is -1.67. The van der Waals surface area contributed by atoms with Crippen LogP contribution in [0.3, 0.4) is 0 Å². The lowest BCUT2D eigenvalue weighted by Gasteiger charge is -2.45. The minimum atomic E-state index is -0.252. The number of allylic oxidation sites excluding steroid dienone is 2. The van der Waals surface area contributed by atoms with Crippen molar-refractivity contribution in [3.05, 3.63) is 53.9 Å². The Morgan fingerprint density at radius 1 is 1.29 bits per heavy atom. The number of rotatable bonds is 2. The number of halogens is 1. The SMILES string of the molecule is C=C[C@@]1(C)C(NC)=C2c3c([n-]c4ccccc34)C(C)(C)[C@H]2C[C@H]1Cl. The highest BCUT2D eigenvalue weighted by Crippen LogP contribution is 2.60. The Balaban J connectivity index is 2.12. The average Bonchev–Trinajstić information content (AvgIpc) is 3.04. The van der Waals surface area contributed by atoms with Crippen LogP contribution in [0.5, 0.6) is 0 Å². The van der Waals surface area contributed by atoms with Crippen LogP contribution in [0.1, 0.15) is 38.4 Å². The summed E-state index contributed by atoms with van der Waals surface area (Å²) < 4.78 is 0. The molecule has 0 saturated carbocycles. The van der Waals surface area contributed by atoms with Gasteiger partial charge in [-0.05, 0) is 41.2 Å². The van der Waals surface area contributed by atoms with Crippen molar-refractivity contribution in [3.8, 4) is 0 Å². The van der Waals surface area contributed by atoms with Gasteiger partial charge in [0.1, 0.15) is 0 Å². The topological polar surface area (TPSA) is 26.1 Å². The van der Waals surface area contributed by atoms with Crippen LogP contribution in [-0.4, -0.2) is 12.4 Å². The van der Waals surface area contributed by atoms with Crippen molar-refractivity contribution in [1.82, 2.24) is 10.3 Å². The number of fused-ring (bicyclic) bond motifs is 5. The molecule has 2 aromatic rings. The maximum Gasteiger partial charge on any atom is 0.0485 e. The molecule has 0 radical (unpaired) electrons. The summed E-state index contributed by atoms with van der Waals surface area (Å²) in [4.78, 5) is 5.01. The largest absolute Gasteiger partial charge is 0.660 e. The van der Waals surface area contributed by atoms with Gasteiger partial charge in [0.2, 0.25) is 0 Å². The first kappa shape index (κ1) is 15.8. The van der Waals surface area contributed by atoms with E-state index in [4.69, 9.17) is 16.6 Å². The van der Waals surface area contributed by atoms with E-state index in [1.54, 1.807) is 0 Å². The lowest BCUT2D eigenvalue weighted by atomic mass is 9.65. The van der Waals surface area contributed by atoms with Crippen molar-refractivity contribution in [1.29, 1.82) is 0 Å². The second-order valence-electron chi connectivity index (χ2n) is 7.86. The monoisotopic (exact) mass is 339 g/mol. The van der Waals surface area contributed by atoms with Crippen molar-refractivity contribution < 1.29 is 0 Å². The number of benzene rings is 1. The fraction of sp³-hybridized carbons (Fsp3) is 0.429. The Labute approximate surface area is 149 Å². The molecule has 0 saturated heterocycles. The van der Waals surface area contributed by atoms with Gasteiger partial charge in [-0.25, -0.2) is 0 Å². The Kier molecular flexibility index (Phi) is 3.25. The van der Waals surface area contributed by atoms with Crippen molar-refractivity contribution in [3.63, 3.8) is 0 Å². The van der Waals surface area contributed by atoms with Crippen molar-refractivity contribution in [2.24, 2.45) is 11.3 Å². The van der Waals surface area contributed by atoms with Gasteiger partial charge in [0.25, 0.3) is 0 Å². The molecule has 4 rings (SSSR count). The molecule has 1 heterocycles. The van der Waals surface area contributed by atoms with Gasteiger partial charge < -0.3 is 10.3 Å². The second-order valence-corrected chi connectivity index (χ2v) is 8.38. The molecule has 0 bridgehead atoms. The molecule has 0 fully saturated rings. The summed E-state index contributed by atoms with van der Waals surface area (Å²) >= 11 is 6.85. The summed E-state index contributed by atoms with van der Waals surface area (Å²) in [5, 5.41) is 4.76. The molecule has 126 valence electrons. The zero-order chi connectivity index (χ0) is 17.3. The fourth-order valence-electron chi connectivity index (χ4n) is 4.77. The van der Waals surface area contributed by atoms with Crippen LogP contribution in [0.4, 0.5) is 0 Å². The molecule has 1 N–H and O–H groups in total. The zero-order valence-corrected chi connectivity index (χ0v) is 15.5. The zero-order valence-electron chi connectivity index (χ0n) is 14.8. The van der Waals surface area contributed by atoms with Gasteiger partial charge in [-0.15, -0.1) is 29.4 Å². The van der Waals surface area contributed by atoms with Crippen LogP contribution in [-0.2, 0) is 5.41 Å². The first-order chi connectivity index (χ1) is 11.4. The molecule has 0 unspecified atom stereocenters. The van der Waals surface area contributed by atoms with Crippen molar-refractivity contribution >= 4 is 28.1 Å². The van der Waals surface area contributed by atoms with Gasteiger partial charge in [0.05, 0.1) is 0 Å². The molecule has 0 aliphatic heterocycles. The summed E-state index contributed by atoms with van der Waals surface area (Å²) in [6.45, 7) is 10.9. The summed E-state index contributed by atoms with van der Waals surface area (Å²) in [5.74, 6) is 0.387. The lowest BCUT2D eigenvalue weighted by Crippen LogP contribution is -2.42.